The van der Waals surface area contributed by atoms with Gasteiger partial charge in [0.2, 0.25) is 5.91 Å². The molecule has 0 aromatic carbocycles. The number of ether oxygens (including phenoxy) is 1. The van der Waals surface area contributed by atoms with Crippen molar-refractivity contribution < 1.29 is 9.53 Å². The highest BCUT2D eigenvalue weighted by Crippen LogP contribution is 2.28. The van der Waals surface area contributed by atoms with Gasteiger partial charge in [0, 0.05) is 25.6 Å². The third-order valence-corrected chi connectivity index (χ3v) is 3.15. The first kappa shape index (κ1) is 12.5. The van der Waals surface area contributed by atoms with Crippen LogP contribution in [0.15, 0.2) is 0 Å². The minimum absolute atomic E-state index is 0.140. The van der Waals surface area contributed by atoms with Gasteiger partial charge in [0.25, 0.3) is 0 Å². The van der Waals surface area contributed by atoms with E-state index in [1.807, 2.05) is 0 Å². The van der Waals surface area contributed by atoms with Crippen LogP contribution in [0, 0.1) is 11.8 Å². The highest BCUT2D eigenvalue weighted by atomic mass is 16.5. The normalized spacial score (nSPS) is 31.3. The molecule has 3 unspecified atom stereocenters. The monoisotopic (exact) mass is 214 g/mol. The lowest BCUT2D eigenvalue weighted by Crippen LogP contribution is -2.41. The van der Waals surface area contributed by atoms with Gasteiger partial charge in [-0.15, -0.1) is 0 Å². The van der Waals surface area contributed by atoms with Crippen molar-refractivity contribution in [3.8, 4) is 0 Å². The van der Waals surface area contributed by atoms with Gasteiger partial charge in [-0.3, -0.25) is 4.79 Å². The lowest BCUT2D eigenvalue weighted by Gasteiger charge is -2.31. The minimum Gasteiger partial charge on any atom is -0.383 e. The van der Waals surface area contributed by atoms with E-state index in [0.29, 0.717) is 19.1 Å². The smallest absolute Gasteiger partial charge is 0.223 e. The number of carbonyl (C=O) groups excluding carboxylic acids is 1. The van der Waals surface area contributed by atoms with Crippen LogP contribution < -0.4 is 11.1 Å². The molecule has 1 amide bonds. The van der Waals surface area contributed by atoms with Crippen LogP contribution in [0.5, 0.6) is 0 Å². The van der Waals surface area contributed by atoms with Gasteiger partial charge >= 0.3 is 0 Å². The van der Waals surface area contributed by atoms with Crippen LogP contribution in [0.25, 0.3) is 0 Å². The van der Waals surface area contributed by atoms with E-state index < -0.39 is 0 Å². The highest BCUT2D eigenvalue weighted by Gasteiger charge is 2.30. The van der Waals surface area contributed by atoms with Crippen molar-refractivity contribution in [3.63, 3.8) is 0 Å². The Morgan fingerprint density at radius 1 is 1.53 bits per heavy atom. The molecule has 0 aliphatic heterocycles. The molecule has 1 saturated carbocycles. The maximum absolute atomic E-state index is 11.8. The first-order chi connectivity index (χ1) is 7.15. The standard InChI is InChI=1S/C11H22N2O2/c1-8-7-9(12)3-4-10(8)11(14)13-5-6-15-2/h8-10H,3-7,12H2,1-2H3,(H,13,14). The molecule has 1 aliphatic rings. The van der Waals surface area contributed by atoms with Gasteiger partial charge in [-0.1, -0.05) is 6.92 Å². The highest BCUT2D eigenvalue weighted by molar-refractivity contribution is 5.79. The number of rotatable bonds is 4. The van der Waals surface area contributed by atoms with Crippen LogP contribution in [-0.4, -0.2) is 32.2 Å². The van der Waals surface area contributed by atoms with E-state index in [9.17, 15) is 4.79 Å². The molecule has 0 radical (unpaired) electrons. The summed E-state index contributed by atoms with van der Waals surface area (Å²) in [5.41, 5.74) is 5.86. The molecule has 1 aliphatic carbocycles. The Balaban J connectivity index is 2.32. The van der Waals surface area contributed by atoms with Crippen molar-refractivity contribution >= 4 is 5.91 Å². The molecule has 4 heteroatoms. The van der Waals surface area contributed by atoms with Gasteiger partial charge in [0.1, 0.15) is 0 Å². The van der Waals surface area contributed by atoms with E-state index in [1.165, 1.54) is 0 Å². The Kier molecular flexibility index (Phi) is 5.05. The van der Waals surface area contributed by atoms with Crippen molar-refractivity contribution in [2.75, 3.05) is 20.3 Å². The number of hydrogen-bond donors (Lipinski definition) is 2. The second-order valence-electron chi connectivity index (χ2n) is 4.44. The molecule has 0 spiro atoms. The van der Waals surface area contributed by atoms with Crippen LogP contribution in [0.3, 0.4) is 0 Å². The summed E-state index contributed by atoms with van der Waals surface area (Å²) in [4.78, 5) is 11.8. The van der Waals surface area contributed by atoms with Crippen molar-refractivity contribution in [1.29, 1.82) is 0 Å². The Morgan fingerprint density at radius 2 is 2.27 bits per heavy atom. The maximum atomic E-state index is 11.8. The van der Waals surface area contributed by atoms with Crippen LogP contribution in [0.1, 0.15) is 26.2 Å². The Labute approximate surface area is 91.5 Å². The zero-order valence-corrected chi connectivity index (χ0v) is 9.66. The SMILES string of the molecule is COCCNC(=O)C1CCC(N)CC1C. The first-order valence-electron chi connectivity index (χ1n) is 5.67. The summed E-state index contributed by atoms with van der Waals surface area (Å²) in [5, 5.41) is 2.89. The van der Waals surface area contributed by atoms with Gasteiger partial charge in [-0.05, 0) is 25.2 Å². The topological polar surface area (TPSA) is 64.3 Å². The van der Waals surface area contributed by atoms with Crippen LogP contribution in [0.2, 0.25) is 0 Å². The summed E-state index contributed by atoms with van der Waals surface area (Å²) < 4.78 is 4.89. The van der Waals surface area contributed by atoms with Crippen LogP contribution in [-0.2, 0) is 9.53 Å². The summed E-state index contributed by atoms with van der Waals surface area (Å²) in [6.45, 7) is 3.29. The number of nitrogens with two attached hydrogens (primary N) is 1. The van der Waals surface area contributed by atoms with Crippen LogP contribution in [0.4, 0.5) is 0 Å². The molecule has 1 rings (SSSR count). The van der Waals surface area contributed by atoms with Gasteiger partial charge in [0.15, 0.2) is 0 Å². The van der Waals surface area contributed by atoms with Gasteiger partial charge in [0.05, 0.1) is 6.61 Å². The molecule has 3 N–H and O–H groups in total. The predicted molar refractivity (Wildman–Crippen MR) is 59.4 cm³/mol. The Morgan fingerprint density at radius 3 is 2.87 bits per heavy atom. The lowest BCUT2D eigenvalue weighted by atomic mass is 9.78. The number of hydrogen-bond acceptors (Lipinski definition) is 3. The Hall–Kier alpha value is -0.610. The zero-order valence-electron chi connectivity index (χ0n) is 9.66. The van der Waals surface area contributed by atoms with Crippen molar-refractivity contribution in [3.05, 3.63) is 0 Å². The summed E-state index contributed by atoms with van der Waals surface area (Å²) in [5.74, 6) is 0.699. The molecule has 0 aromatic rings. The third kappa shape index (κ3) is 3.80. The fourth-order valence-corrected chi connectivity index (χ4v) is 2.23. The predicted octanol–water partition coefficient (Wildman–Crippen LogP) is 0.513. The fraction of sp³-hybridized carbons (Fsp3) is 0.909. The molecule has 0 aromatic heterocycles. The van der Waals surface area contributed by atoms with Crippen molar-refractivity contribution in [2.24, 2.45) is 17.6 Å². The Bertz CT molecular complexity index is 209. The number of amides is 1. The van der Waals surface area contributed by atoms with E-state index in [1.54, 1.807) is 7.11 Å². The molecule has 4 nitrogen and oxygen atoms in total. The minimum atomic E-state index is 0.140. The second-order valence-corrected chi connectivity index (χ2v) is 4.44. The molecular weight excluding hydrogens is 192 g/mol. The van der Waals surface area contributed by atoms with E-state index in [2.05, 4.69) is 12.2 Å². The molecule has 1 fully saturated rings. The van der Waals surface area contributed by atoms with E-state index in [4.69, 9.17) is 10.5 Å². The summed E-state index contributed by atoms with van der Waals surface area (Å²) in [6, 6.07) is 0.281. The van der Waals surface area contributed by atoms with Crippen molar-refractivity contribution in [2.45, 2.75) is 32.2 Å². The summed E-state index contributed by atoms with van der Waals surface area (Å²) in [6.07, 6.45) is 2.84. The number of nitrogens with one attached hydrogen (secondary N) is 1. The molecule has 0 heterocycles. The summed E-state index contributed by atoms with van der Waals surface area (Å²) >= 11 is 0. The quantitative estimate of drug-likeness (QED) is 0.670. The summed E-state index contributed by atoms with van der Waals surface area (Å²) in [7, 11) is 1.63. The van der Waals surface area contributed by atoms with Gasteiger partial charge < -0.3 is 15.8 Å². The average Bonchev–Trinajstić information content (AvgIpc) is 2.17. The van der Waals surface area contributed by atoms with E-state index >= 15 is 0 Å². The zero-order chi connectivity index (χ0) is 11.3. The van der Waals surface area contributed by atoms with Crippen molar-refractivity contribution in [1.82, 2.24) is 5.32 Å². The molecule has 3 atom stereocenters. The molecular formula is C11H22N2O2. The molecule has 88 valence electrons. The maximum Gasteiger partial charge on any atom is 0.223 e. The number of methoxy groups -OCH3 is 1. The van der Waals surface area contributed by atoms with Gasteiger partial charge in [-0.2, -0.15) is 0 Å². The fourth-order valence-electron chi connectivity index (χ4n) is 2.23. The second kappa shape index (κ2) is 6.08. The van der Waals surface area contributed by atoms with Crippen LogP contribution >= 0.6 is 0 Å². The first-order valence-corrected chi connectivity index (χ1v) is 5.67. The number of carbonyl (C=O) groups is 1. The van der Waals surface area contributed by atoms with Gasteiger partial charge in [-0.25, -0.2) is 0 Å². The third-order valence-electron chi connectivity index (χ3n) is 3.15. The molecule has 0 bridgehead atoms. The largest absolute Gasteiger partial charge is 0.383 e. The lowest BCUT2D eigenvalue weighted by molar-refractivity contribution is -0.127. The van der Waals surface area contributed by atoms with E-state index in [0.717, 1.165) is 19.3 Å². The molecule has 15 heavy (non-hydrogen) atoms. The van der Waals surface area contributed by atoms with E-state index in [-0.39, 0.29) is 17.9 Å². The average molecular weight is 214 g/mol. The molecule has 0 saturated heterocycles.